The van der Waals surface area contributed by atoms with Gasteiger partial charge in [-0.15, -0.1) is 0 Å². The second-order valence-corrected chi connectivity index (χ2v) is 10.7. The van der Waals surface area contributed by atoms with Gasteiger partial charge in [-0.2, -0.15) is 8.42 Å². The van der Waals surface area contributed by atoms with Crippen LogP contribution in [0.1, 0.15) is 16.7 Å². The maximum atomic E-state index is 12.2. The van der Waals surface area contributed by atoms with Crippen LogP contribution in [0.5, 0.6) is 0 Å². The van der Waals surface area contributed by atoms with Crippen molar-refractivity contribution in [2.45, 2.75) is 50.5 Å². The van der Waals surface area contributed by atoms with E-state index in [0.29, 0.717) is 6.61 Å². The summed E-state index contributed by atoms with van der Waals surface area (Å²) in [5, 5.41) is 3.70. The summed E-state index contributed by atoms with van der Waals surface area (Å²) in [5.41, 5.74) is 12.0. The maximum Gasteiger partial charge on any atom is 0.264 e. The molecular weight excluding hydrogens is 522 g/mol. The number of hydrogen-bond donors (Lipinski definition) is 0. The quantitative estimate of drug-likeness (QED) is 0.129. The molecule has 5 atom stereocenters. The van der Waals surface area contributed by atoms with E-state index in [1.165, 1.54) is 0 Å². The normalized spacial score (nSPS) is 23.2. The molecular formula is C28H31N3O7S. The monoisotopic (exact) mass is 553 g/mol. The van der Waals surface area contributed by atoms with Gasteiger partial charge in [-0.25, -0.2) is 0 Å². The van der Waals surface area contributed by atoms with Gasteiger partial charge in [-0.3, -0.25) is 4.18 Å². The summed E-state index contributed by atoms with van der Waals surface area (Å²) in [5.74, 6) is 0. The summed E-state index contributed by atoms with van der Waals surface area (Å²) in [6, 6.07) is 28.6. The molecule has 1 fully saturated rings. The molecule has 0 aliphatic carbocycles. The van der Waals surface area contributed by atoms with Crippen LogP contribution >= 0.6 is 0 Å². The third kappa shape index (κ3) is 8.87. The van der Waals surface area contributed by atoms with Crippen LogP contribution in [0, 0.1) is 0 Å². The number of rotatable bonds is 13. The van der Waals surface area contributed by atoms with E-state index < -0.39 is 40.8 Å². The Kier molecular flexibility index (Phi) is 10.5. The Morgan fingerprint density at radius 1 is 0.769 bits per heavy atom. The largest absolute Gasteiger partial charge is 0.374 e. The highest BCUT2D eigenvalue weighted by atomic mass is 32.2. The van der Waals surface area contributed by atoms with Gasteiger partial charge in [-0.05, 0) is 22.2 Å². The molecule has 11 heteroatoms. The van der Waals surface area contributed by atoms with E-state index in [4.69, 9.17) is 23.1 Å². The summed E-state index contributed by atoms with van der Waals surface area (Å²) >= 11 is 0. The highest BCUT2D eigenvalue weighted by Gasteiger charge is 2.49. The predicted molar refractivity (Wildman–Crippen MR) is 144 cm³/mol. The fourth-order valence-electron chi connectivity index (χ4n) is 4.27. The van der Waals surface area contributed by atoms with E-state index in [2.05, 4.69) is 10.0 Å². The lowest BCUT2D eigenvalue weighted by molar-refractivity contribution is -0.253. The minimum Gasteiger partial charge on any atom is -0.374 e. The van der Waals surface area contributed by atoms with Crippen molar-refractivity contribution in [2.24, 2.45) is 5.11 Å². The van der Waals surface area contributed by atoms with Crippen LogP contribution < -0.4 is 0 Å². The molecule has 0 aromatic heterocycles. The van der Waals surface area contributed by atoms with Gasteiger partial charge in [0.1, 0.15) is 24.4 Å². The van der Waals surface area contributed by atoms with Crippen LogP contribution in [0.2, 0.25) is 0 Å². The molecule has 0 saturated carbocycles. The zero-order valence-electron chi connectivity index (χ0n) is 21.5. The molecule has 0 N–H and O–H groups in total. The summed E-state index contributed by atoms with van der Waals surface area (Å²) in [7, 11) is -3.98. The van der Waals surface area contributed by atoms with Crippen molar-refractivity contribution in [3.8, 4) is 0 Å². The highest BCUT2D eigenvalue weighted by Crippen LogP contribution is 2.31. The highest BCUT2D eigenvalue weighted by molar-refractivity contribution is 7.86. The Hall–Kier alpha value is -3.28. The zero-order valence-corrected chi connectivity index (χ0v) is 22.3. The Balaban J connectivity index is 1.62. The molecule has 0 spiro atoms. The van der Waals surface area contributed by atoms with Gasteiger partial charge in [0.15, 0.2) is 6.23 Å². The first kappa shape index (κ1) is 28.7. The van der Waals surface area contributed by atoms with Gasteiger partial charge in [0.25, 0.3) is 10.1 Å². The second kappa shape index (κ2) is 14.2. The number of nitrogens with zero attached hydrogens (tertiary/aromatic N) is 3. The van der Waals surface area contributed by atoms with Crippen LogP contribution in [0.25, 0.3) is 10.4 Å². The van der Waals surface area contributed by atoms with Crippen molar-refractivity contribution in [3.63, 3.8) is 0 Å². The lowest BCUT2D eigenvalue weighted by atomic mass is 9.97. The van der Waals surface area contributed by atoms with Gasteiger partial charge in [-0.1, -0.05) is 96.1 Å². The van der Waals surface area contributed by atoms with E-state index in [1.54, 1.807) is 0 Å². The third-order valence-corrected chi connectivity index (χ3v) is 6.60. The van der Waals surface area contributed by atoms with Gasteiger partial charge in [0.2, 0.25) is 0 Å². The SMILES string of the molecule is CS(=O)(=O)O[C@@H]1[C@@H](OCc2ccccc2)[C@@H](OCc2ccccc2)[C@@H](COCc2ccccc2)O[C@H]1N=[N+]=[N-]. The average Bonchev–Trinajstić information content (AvgIpc) is 2.94. The summed E-state index contributed by atoms with van der Waals surface area (Å²) in [4.78, 5) is 2.86. The Morgan fingerprint density at radius 2 is 1.26 bits per heavy atom. The van der Waals surface area contributed by atoms with Crippen LogP contribution in [0.4, 0.5) is 0 Å². The third-order valence-electron chi connectivity index (χ3n) is 6.02. The van der Waals surface area contributed by atoms with Crippen molar-refractivity contribution < 1.29 is 31.5 Å². The minimum absolute atomic E-state index is 0.0720. The standard InChI is InChI=1S/C28H31N3O7S/c1-39(32,33)38-27-26(36-19-23-15-9-4-10-16-23)25(35-18-22-13-7-3-8-14-22)24(37-28(27)30-31-29)20-34-17-21-11-5-2-6-12-21/h2-16,24-28H,17-20H2,1H3/t24-,25+,26+,27-,28-/m1/s1. The molecule has 1 saturated heterocycles. The lowest BCUT2D eigenvalue weighted by Gasteiger charge is -2.44. The molecule has 0 unspecified atom stereocenters. The first-order valence-corrected chi connectivity index (χ1v) is 14.3. The Morgan fingerprint density at radius 3 is 1.74 bits per heavy atom. The van der Waals surface area contributed by atoms with Crippen LogP contribution in [-0.4, -0.2) is 51.9 Å². The molecule has 39 heavy (non-hydrogen) atoms. The van der Waals surface area contributed by atoms with Crippen molar-refractivity contribution in [1.29, 1.82) is 0 Å². The van der Waals surface area contributed by atoms with Gasteiger partial charge >= 0.3 is 0 Å². The van der Waals surface area contributed by atoms with E-state index >= 15 is 0 Å². The van der Waals surface area contributed by atoms with Crippen LogP contribution in [-0.2, 0) is 53.1 Å². The smallest absolute Gasteiger partial charge is 0.264 e. The molecule has 1 aliphatic heterocycles. The molecule has 206 valence electrons. The predicted octanol–water partition coefficient (Wildman–Crippen LogP) is 4.75. The van der Waals surface area contributed by atoms with E-state index in [0.717, 1.165) is 22.9 Å². The molecule has 3 aromatic rings. The first-order chi connectivity index (χ1) is 18.9. The summed E-state index contributed by atoms with van der Waals surface area (Å²) < 4.78 is 54.5. The van der Waals surface area contributed by atoms with E-state index in [-0.39, 0.29) is 19.8 Å². The average molecular weight is 554 g/mol. The van der Waals surface area contributed by atoms with E-state index in [1.807, 2.05) is 91.0 Å². The fourth-order valence-corrected chi connectivity index (χ4v) is 4.88. The lowest BCUT2D eigenvalue weighted by Crippen LogP contribution is -2.61. The Bertz CT molecular complexity index is 1310. The molecule has 1 aliphatic rings. The topological polar surface area (TPSA) is 129 Å². The minimum atomic E-state index is -3.98. The van der Waals surface area contributed by atoms with Crippen LogP contribution in [0.15, 0.2) is 96.1 Å². The summed E-state index contributed by atoms with van der Waals surface area (Å²) in [6.07, 6.45) is -4.21. The molecule has 0 amide bonds. The molecule has 3 aromatic carbocycles. The molecule has 0 radical (unpaired) electrons. The molecule has 1 heterocycles. The number of ether oxygens (including phenoxy) is 4. The molecule has 4 rings (SSSR count). The van der Waals surface area contributed by atoms with Gasteiger partial charge in [0.05, 0.1) is 32.7 Å². The molecule has 0 bridgehead atoms. The zero-order chi connectivity index (χ0) is 27.5. The van der Waals surface area contributed by atoms with Crippen molar-refractivity contribution >= 4 is 10.1 Å². The van der Waals surface area contributed by atoms with Crippen molar-refractivity contribution in [2.75, 3.05) is 12.9 Å². The van der Waals surface area contributed by atoms with Crippen molar-refractivity contribution in [1.82, 2.24) is 0 Å². The van der Waals surface area contributed by atoms with E-state index in [9.17, 15) is 13.9 Å². The fraction of sp³-hybridized carbons (Fsp3) is 0.357. The Labute approximate surface area is 228 Å². The number of hydrogen-bond acceptors (Lipinski definition) is 8. The second-order valence-electron chi connectivity index (χ2n) is 9.06. The number of benzene rings is 3. The number of azide groups is 1. The van der Waals surface area contributed by atoms with Crippen molar-refractivity contribution in [3.05, 3.63) is 118 Å². The summed E-state index contributed by atoms with van der Waals surface area (Å²) in [6.45, 7) is 0.730. The van der Waals surface area contributed by atoms with Crippen LogP contribution in [0.3, 0.4) is 0 Å². The van der Waals surface area contributed by atoms with Gasteiger partial charge in [0, 0.05) is 4.91 Å². The first-order valence-electron chi connectivity index (χ1n) is 12.4. The molecule has 10 nitrogen and oxygen atoms in total. The maximum absolute atomic E-state index is 12.2. The van der Waals surface area contributed by atoms with Gasteiger partial charge < -0.3 is 18.9 Å².